The zero-order chi connectivity index (χ0) is 18.7. The molecular weight excluding hydrogens is 356 g/mol. The van der Waals surface area contributed by atoms with Crippen LogP contribution in [0.1, 0.15) is 34.5 Å². The minimum Gasteiger partial charge on any atom is -0.454 e. The Morgan fingerprint density at radius 3 is 2.68 bits per heavy atom. The van der Waals surface area contributed by atoms with Gasteiger partial charge in [0.1, 0.15) is 5.69 Å². The number of fused-ring (bicyclic) bond motifs is 4. The van der Waals surface area contributed by atoms with Crippen LogP contribution < -0.4 is 9.47 Å². The van der Waals surface area contributed by atoms with Gasteiger partial charge in [-0.2, -0.15) is 0 Å². The topological polar surface area (TPSA) is 63.8 Å². The van der Waals surface area contributed by atoms with E-state index in [4.69, 9.17) is 14.2 Å². The van der Waals surface area contributed by atoms with Crippen molar-refractivity contribution in [3.8, 4) is 11.5 Å². The van der Waals surface area contributed by atoms with Gasteiger partial charge in [-0.15, -0.1) is 0 Å². The van der Waals surface area contributed by atoms with Gasteiger partial charge >= 0.3 is 0 Å². The van der Waals surface area contributed by atoms with Crippen LogP contribution in [0, 0.1) is 0 Å². The van der Waals surface area contributed by atoms with E-state index in [0.717, 1.165) is 29.5 Å². The first-order valence-corrected chi connectivity index (χ1v) is 9.66. The van der Waals surface area contributed by atoms with E-state index >= 15 is 0 Å². The summed E-state index contributed by atoms with van der Waals surface area (Å²) >= 11 is 0. The molecule has 0 atom stereocenters. The highest BCUT2D eigenvalue weighted by Crippen LogP contribution is 2.44. The molecular formula is C22H20N2O4. The number of H-pyrrole nitrogens is 1. The maximum Gasteiger partial charge on any atom is 0.270 e. The summed E-state index contributed by atoms with van der Waals surface area (Å²) in [6.45, 7) is 2.28. The lowest BCUT2D eigenvalue weighted by Gasteiger charge is -2.39. The second-order valence-corrected chi connectivity index (χ2v) is 7.71. The highest BCUT2D eigenvalue weighted by molar-refractivity contribution is 5.98. The van der Waals surface area contributed by atoms with Gasteiger partial charge in [0.05, 0.1) is 12.2 Å². The second kappa shape index (κ2) is 5.75. The number of carbonyl (C=O) groups is 1. The van der Waals surface area contributed by atoms with Crippen LogP contribution in [0.4, 0.5) is 0 Å². The molecule has 3 aromatic rings. The van der Waals surface area contributed by atoms with Crippen molar-refractivity contribution in [1.29, 1.82) is 0 Å². The van der Waals surface area contributed by atoms with Crippen LogP contribution in [0.2, 0.25) is 0 Å². The molecule has 1 amide bonds. The summed E-state index contributed by atoms with van der Waals surface area (Å²) in [6.07, 6.45) is 1.65. The van der Waals surface area contributed by atoms with E-state index in [-0.39, 0.29) is 18.3 Å². The Hall–Kier alpha value is -2.99. The van der Waals surface area contributed by atoms with Crippen molar-refractivity contribution >= 4 is 16.8 Å². The van der Waals surface area contributed by atoms with E-state index in [1.807, 2.05) is 23.1 Å². The number of hydrogen-bond donors (Lipinski definition) is 1. The Balaban J connectivity index is 1.23. The quantitative estimate of drug-likeness (QED) is 0.705. The number of nitrogens with zero attached hydrogens (tertiary/aromatic N) is 1. The average Bonchev–Trinajstić information content (AvgIpc) is 3.44. The number of rotatable bonds is 1. The molecule has 1 spiro atoms. The number of piperidine rings is 1. The summed E-state index contributed by atoms with van der Waals surface area (Å²) in [5.41, 5.74) is 3.82. The molecule has 0 unspecified atom stereocenters. The molecule has 1 saturated heterocycles. The lowest BCUT2D eigenvalue weighted by atomic mass is 9.84. The summed E-state index contributed by atoms with van der Waals surface area (Å²) in [5, 5.41) is 0.953. The highest BCUT2D eigenvalue weighted by atomic mass is 16.7. The van der Waals surface area contributed by atoms with E-state index in [2.05, 4.69) is 29.2 Å². The molecule has 3 aliphatic heterocycles. The molecule has 6 nitrogen and oxygen atoms in total. The van der Waals surface area contributed by atoms with Crippen LogP contribution in [0.5, 0.6) is 11.5 Å². The minimum atomic E-state index is -0.233. The van der Waals surface area contributed by atoms with Crippen LogP contribution in [-0.2, 0) is 16.9 Å². The van der Waals surface area contributed by atoms with Crippen LogP contribution >= 0.6 is 0 Å². The van der Waals surface area contributed by atoms with E-state index in [9.17, 15) is 4.79 Å². The molecule has 6 rings (SSSR count). The zero-order valence-electron chi connectivity index (χ0n) is 15.4. The molecule has 0 bridgehead atoms. The molecule has 6 heteroatoms. The zero-order valence-corrected chi connectivity index (χ0v) is 15.4. The standard InChI is InChI=1S/C22H20N2O4/c25-21(18-9-15-10-19-20(27-13-26-19)11-17(15)23-18)24-7-5-22(6-8-24)16-4-2-1-3-14(16)12-28-22/h1-4,9-11,23H,5-8,12-13H2. The fourth-order valence-electron chi connectivity index (χ4n) is 4.68. The summed E-state index contributed by atoms with van der Waals surface area (Å²) in [6, 6.07) is 14.1. The van der Waals surface area contributed by atoms with Gasteiger partial charge in [0.25, 0.3) is 5.91 Å². The number of aromatic amines is 1. The number of nitrogens with one attached hydrogen (secondary N) is 1. The largest absolute Gasteiger partial charge is 0.454 e. The molecule has 0 radical (unpaired) electrons. The van der Waals surface area contributed by atoms with Crippen molar-refractivity contribution in [2.24, 2.45) is 0 Å². The first kappa shape index (κ1) is 16.0. The summed E-state index contributed by atoms with van der Waals surface area (Å²) in [4.78, 5) is 18.2. The van der Waals surface area contributed by atoms with Crippen molar-refractivity contribution < 1.29 is 19.0 Å². The van der Waals surface area contributed by atoms with Crippen molar-refractivity contribution in [2.75, 3.05) is 19.9 Å². The smallest absolute Gasteiger partial charge is 0.270 e. The van der Waals surface area contributed by atoms with Crippen LogP contribution in [0.3, 0.4) is 0 Å². The van der Waals surface area contributed by atoms with Gasteiger partial charge in [0.2, 0.25) is 6.79 Å². The Kier molecular flexibility index (Phi) is 3.29. The normalized spacial score (nSPS) is 19.4. The molecule has 4 heterocycles. The molecule has 142 valence electrons. The molecule has 3 aliphatic rings. The van der Waals surface area contributed by atoms with Crippen LogP contribution in [0.15, 0.2) is 42.5 Å². The highest BCUT2D eigenvalue weighted by Gasteiger charge is 2.43. The molecule has 1 aromatic heterocycles. The average molecular weight is 376 g/mol. The molecule has 0 aliphatic carbocycles. The fraction of sp³-hybridized carbons (Fsp3) is 0.318. The van der Waals surface area contributed by atoms with Crippen molar-refractivity contribution in [1.82, 2.24) is 9.88 Å². The lowest BCUT2D eigenvalue weighted by Crippen LogP contribution is -2.45. The summed E-state index contributed by atoms with van der Waals surface area (Å²) in [7, 11) is 0. The monoisotopic (exact) mass is 376 g/mol. The number of carbonyl (C=O) groups excluding carboxylic acids is 1. The van der Waals surface area contributed by atoms with Crippen LogP contribution in [0.25, 0.3) is 10.9 Å². The van der Waals surface area contributed by atoms with Crippen molar-refractivity contribution in [3.63, 3.8) is 0 Å². The van der Waals surface area contributed by atoms with Gasteiger partial charge in [-0.05, 0) is 36.1 Å². The number of benzene rings is 2. The van der Waals surface area contributed by atoms with Gasteiger partial charge in [-0.1, -0.05) is 24.3 Å². The first-order valence-electron chi connectivity index (χ1n) is 9.66. The van der Waals surface area contributed by atoms with Gasteiger partial charge in [0.15, 0.2) is 11.5 Å². The maximum absolute atomic E-state index is 13.1. The number of amides is 1. The summed E-state index contributed by atoms with van der Waals surface area (Å²) in [5.74, 6) is 1.46. The van der Waals surface area contributed by atoms with Crippen LogP contribution in [-0.4, -0.2) is 35.7 Å². The lowest BCUT2D eigenvalue weighted by molar-refractivity contribution is -0.0742. The Bertz CT molecular complexity index is 1050. The third-order valence-corrected chi connectivity index (χ3v) is 6.21. The van der Waals surface area contributed by atoms with Gasteiger partial charge in [-0.25, -0.2) is 0 Å². The van der Waals surface area contributed by atoms with E-state index in [0.29, 0.717) is 31.1 Å². The van der Waals surface area contributed by atoms with Gasteiger partial charge in [-0.3, -0.25) is 4.79 Å². The second-order valence-electron chi connectivity index (χ2n) is 7.71. The number of likely N-dealkylation sites (tertiary alicyclic amines) is 1. The van der Waals surface area contributed by atoms with E-state index in [1.165, 1.54) is 11.1 Å². The Morgan fingerprint density at radius 1 is 1.04 bits per heavy atom. The fourth-order valence-corrected chi connectivity index (χ4v) is 4.68. The van der Waals surface area contributed by atoms with Crippen molar-refractivity contribution in [2.45, 2.75) is 25.0 Å². The van der Waals surface area contributed by atoms with E-state index < -0.39 is 0 Å². The molecule has 28 heavy (non-hydrogen) atoms. The molecule has 1 fully saturated rings. The minimum absolute atomic E-state index is 0.0272. The van der Waals surface area contributed by atoms with Gasteiger partial charge < -0.3 is 24.1 Å². The SMILES string of the molecule is O=C(c1cc2cc3c(cc2[nH]1)OCO3)N1CCC2(CC1)OCc1ccccc12. The molecule has 1 N–H and O–H groups in total. The predicted octanol–water partition coefficient (Wildman–Crippen LogP) is 3.56. The maximum atomic E-state index is 13.1. The summed E-state index contributed by atoms with van der Waals surface area (Å²) < 4.78 is 17.1. The Morgan fingerprint density at radius 2 is 1.82 bits per heavy atom. The number of aromatic nitrogens is 1. The molecule has 0 saturated carbocycles. The predicted molar refractivity (Wildman–Crippen MR) is 102 cm³/mol. The third kappa shape index (κ3) is 2.27. The van der Waals surface area contributed by atoms with E-state index in [1.54, 1.807) is 0 Å². The Labute approximate surface area is 162 Å². The van der Waals surface area contributed by atoms with Crippen molar-refractivity contribution in [3.05, 3.63) is 59.3 Å². The number of hydrogen-bond acceptors (Lipinski definition) is 4. The third-order valence-electron chi connectivity index (χ3n) is 6.21. The number of ether oxygens (including phenoxy) is 3. The first-order chi connectivity index (χ1) is 13.7. The van der Waals surface area contributed by atoms with Gasteiger partial charge in [0, 0.05) is 30.1 Å². The molecule has 2 aromatic carbocycles.